The fraction of sp³-hybridized carbons (Fsp3) is 0.474. The van der Waals surface area contributed by atoms with Gasteiger partial charge in [-0.3, -0.25) is 9.59 Å². The average molecular weight is 362 g/mol. The minimum atomic E-state index is -1.05. The zero-order chi connectivity index (χ0) is 19.3. The van der Waals surface area contributed by atoms with Gasteiger partial charge in [0.25, 0.3) is 5.91 Å². The highest BCUT2D eigenvalue weighted by Gasteiger charge is 2.20. The summed E-state index contributed by atoms with van der Waals surface area (Å²) in [6, 6.07) is 5.49. The van der Waals surface area contributed by atoms with Crippen LogP contribution in [-0.2, 0) is 20.8 Å². The van der Waals surface area contributed by atoms with Gasteiger partial charge < -0.3 is 24.0 Å². The number of hydrogen-bond donors (Lipinski definition) is 1. The Balaban J connectivity index is 2.38. The third kappa shape index (κ3) is 4.23. The molecule has 0 aliphatic rings. The molecule has 26 heavy (non-hydrogen) atoms. The highest BCUT2D eigenvalue weighted by molar-refractivity contribution is 6.00. The van der Waals surface area contributed by atoms with Crippen LogP contribution in [0, 0.1) is 13.8 Å². The number of amides is 1. The highest BCUT2D eigenvalue weighted by atomic mass is 16.5. The molecule has 2 aromatic rings. The van der Waals surface area contributed by atoms with E-state index in [4.69, 9.17) is 14.6 Å². The molecule has 0 bridgehead atoms. The molecule has 142 valence electrons. The number of carboxylic acids is 1. The molecular formula is C19H26N2O5. The van der Waals surface area contributed by atoms with Crippen LogP contribution in [0.1, 0.15) is 21.6 Å². The molecule has 1 heterocycles. The molecule has 2 rings (SSSR count). The van der Waals surface area contributed by atoms with Gasteiger partial charge in [-0.05, 0) is 37.6 Å². The molecule has 0 radical (unpaired) electrons. The lowest BCUT2D eigenvalue weighted by atomic mass is 10.1. The summed E-state index contributed by atoms with van der Waals surface area (Å²) in [7, 11) is 3.19. The Kier molecular flexibility index (Phi) is 6.76. The third-order valence-electron chi connectivity index (χ3n) is 4.58. The number of carbonyl (C=O) groups excluding carboxylic acids is 1. The maximum Gasteiger partial charge on any atom is 0.323 e. The lowest BCUT2D eigenvalue weighted by Crippen LogP contribution is -2.38. The maximum atomic E-state index is 12.8. The largest absolute Gasteiger partial charge is 0.480 e. The van der Waals surface area contributed by atoms with E-state index in [1.54, 1.807) is 13.2 Å². The summed E-state index contributed by atoms with van der Waals surface area (Å²) in [5, 5.41) is 10.1. The summed E-state index contributed by atoms with van der Waals surface area (Å²) in [5.41, 5.74) is 3.74. The smallest absolute Gasteiger partial charge is 0.323 e. The van der Waals surface area contributed by atoms with E-state index in [0.717, 1.165) is 28.7 Å². The number of aromatic nitrogens is 1. The average Bonchev–Trinajstić information content (AvgIpc) is 2.86. The van der Waals surface area contributed by atoms with Gasteiger partial charge in [-0.15, -0.1) is 0 Å². The van der Waals surface area contributed by atoms with Gasteiger partial charge >= 0.3 is 5.97 Å². The van der Waals surface area contributed by atoms with Crippen LogP contribution in [0.4, 0.5) is 0 Å². The van der Waals surface area contributed by atoms with Crippen molar-refractivity contribution in [2.75, 3.05) is 40.5 Å². The first kappa shape index (κ1) is 19.9. The molecule has 0 fully saturated rings. The number of fused-ring (bicyclic) bond motifs is 1. The van der Waals surface area contributed by atoms with Crippen LogP contribution in [0.15, 0.2) is 18.2 Å². The topological polar surface area (TPSA) is 81.0 Å². The van der Waals surface area contributed by atoms with Crippen LogP contribution >= 0.6 is 0 Å². The van der Waals surface area contributed by atoms with E-state index < -0.39 is 5.97 Å². The van der Waals surface area contributed by atoms with E-state index in [-0.39, 0.29) is 25.6 Å². The van der Waals surface area contributed by atoms with E-state index >= 15 is 0 Å². The van der Waals surface area contributed by atoms with Crippen LogP contribution in [0.5, 0.6) is 0 Å². The van der Waals surface area contributed by atoms with Gasteiger partial charge in [0.1, 0.15) is 6.54 Å². The minimum Gasteiger partial charge on any atom is -0.480 e. The summed E-state index contributed by atoms with van der Waals surface area (Å²) < 4.78 is 12.3. The van der Waals surface area contributed by atoms with Crippen molar-refractivity contribution in [2.24, 2.45) is 0 Å². The molecule has 0 saturated carbocycles. The highest BCUT2D eigenvalue weighted by Crippen LogP contribution is 2.26. The lowest BCUT2D eigenvalue weighted by molar-refractivity contribution is -0.137. The molecule has 0 spiro atoms. The second kappa shape index (κ2) is 8.82. The SMILES string of the molecule is COCCN(CC(=O)O)C(=O)c1ccc2c(c1)c(C)c(C)n2CCOC. The Hall–Kier alpha value is -2.38. The molecule has 1 N–H and O–H groups in total. The van der Waals surface area contributed by atoms with Crippen molar-refractivity contribution in [3.63, 3.8) is 0 Å². The Morgan fingerprint density at radius 3 is 2.46 bits per heavy atom. The van der Waals surface area contributed by atoms with Crippen LogP contribution in [-0.4, -0.2) is 67.0 Å². The standard InChI is InChI=1S/C19H26N2O5/c1-13-14(2)21(8-10-26-4)17-6-5-15(11-16(13)17)19(24)20(7-9-25-3)12-18(22)23/h5-6,11H,7-10,12H2,1-4H3,(H,22,23). The summed E-state index contributed by atoms with van der Waals surface area (Å²) in [4.78, 5) is 25.1. The first-order chi connectivity index (χ1) is 12.4. The Morgan fingerprint density at radius 2 is 1.85 bits per heavy atom. The predicted octanol–water partition coefficient (Wildman–Crippen LogP) is 2.08. The second-order valence-corrected chi connectivity index (χ2v) is 6.20. The summed E-state index contributed by atoms with van der Waals surface area (Å²) in [6.07, 6.45) is 0. The van der Waals surface area contributed by atoms with E-state index in [2.05, 4.69) is 4.57 Å². The van der Waals surface area contributed by atoms with Crippen molar-refractivity contribution in [1.29, 1.82) is 0 Å². The fourth-order valence-electron chi connectivity index (χ4n) is 3.05. The van der Waals surface area contributed by atoms with Gasteiger partial charge in [0.15, 0.2) is 0 Å². The molecule has 0 aliphatic carbocycles. The second-order valence-electron chi connectivity index (χ2n) is 6.20. The van der Waals surface area contributed by atoms with Crippen LogP contribution in [0.2, 0.25) is 0 Å². The maximum absolute atomic E-state index is 12.8. The molecule has 0 saturated heterocycles. The van der Waals surface area contributed by atoms with Crippen molar-refractivity contribution < 1.29 is 24.2 Å². The summed E-state index contributed by atoms with van der Waals surface area (Å²) in [5.74, 6) is -1.36. The first-order valence-electron chi connectivity index (χ1n) is 8.49. The van der Waals surface area contributed by atoms with Gasteiger partial charge in [-0.25, -0.2) is 0 Å². The lowest BCUT2D eigenvalue weighted by Gasteiger charge is -2.20. The summed E-state index contributed by atoms with van der Waals surface area (Å²) in [6.45, 7) is 5.57. The number of ether oxygens (including phenoxy) is 2. The molecule has 1 aromatic heterocycles. The monoisotopic (exact) mass is 362 g/mol. The van der Waals surface area contributed by atoms with Gasteiger partial charge in [0, 0.05) is 49.5 Å². The number of nitrogens with zero attached hydrogens (tertiary/aromatic N) is 2. The van der Waals surface area contributed by atoms with E-state index in [9.17, 15) is 9.59 Å². The molecule has 0 unspecified atom stereocenters. The predicted molar refractivity (Wildman–Crippen MR) is 98.7 cm³/mol. The quantitative estimate of drug-likeness (QED) is 0.739. The van der Waals surface area contributed by atoms with Crippen molar-refractivity contribution in [2.45, 2.75) is 20.4 Å². The van der Waals surface area contributed by atoms with Gasteiger partial charge in [-0.1, -0.05) is 0 Å². The third-order valence-corrected chi connectivity index (χ3v) is 4.58. The normalized spacial score (nSPS) is 11.1. The number of aryl methyl sites for hydroxylation is 1. The number of hydrogen-bond acceptors (Lipinski definition) is 4. The number of carboxylic acid groups (broad SMARTS) is 1. The van der Waals surface area contributed by atoms with Crippen molar-refractivity contribution >= 4 is 22.8 Å². The molecular weight excluding hydrogens is 336 g/mol. The molecule has 0 aliphatic heterocycles. The minimum absolute atomic E-state index is 0.229. The Bertz CT molecular complexity index is 797. The van der Waals surface area contributed by atoms with Crippen LogP contribution in [0.25, 0.3) is 10.9 Å². The Labute approximate surface area is 153 Å². The van der Waals surface area contributed by atoms with Crippen molar-refractivity contribution in [3.8, 4) is 0 Å². The molecule has 7 heteroatoms. The van der Waals surface area contributed by atoms with Crippen LogP contribution < -0.4 is 0 Å². The van der Waals surface area contributed by atoms with Crippen molar-refractivity contribution in [3.05, 3.63) is 35.0 Å². The number of aliphatic carboxylic acids is 1. The van der Waals surface area contributed by atoms with Gasteiger partial charge in [-0.2, -0.15) is 0 Å². The number of methoxy groups -OCH3 is 2. The van der Waals surface area contributed by atoms with E-state index in [1.807, 2.05) is 26.0 Å². The molecule has 7 nitrogen and oxygen atoms in total. The van der Waals surface area contributed by atoms with Crippen molar-refractivity contribution in [1.82, 2.24) is 9.47 Å². The number of benzene rings is 1. The Morgan fingerprint density at radius 1 is 1.15 bits per heavy atom. The summed E-state index contributed by atoms with van der Waals surface area (Å²) >= 11 is 0. The van der Waals surface area contributed by atoms with E-state index in [1.165, 1.54) is 12.0 Å². The molecule has 0 atom stereocenters. The first-order valence-corrected chi connectivity index (χ1v) is 8.49. The zero-order valence-electron chi connectivity index (χ0n) is 15.7. The zero-order valence-corrected chi connectivity index (χ0v) is 15.7. The molecule has 1 amide bonds. The molecule has 1 aromatic carbocycles. The number of rotatable bonds is 9. The van der Waals surface area contributed by atoms with Crippen LogP contribution in [0.3, 0.4) is 0 Å². The van der Waals surface area contributed by atoms with Gasteiger partial charge in [0.05, 0.1) is 13.2 Å². The number of carbonyl (C=O) groups is 2. The van der Waals surface area contributed by atoms with E-state index in [0.29, 0.717) is 12.2 Å². The fourth-order valence-corrected chi connectivity index (χ4v) is 3.05. The van der Waals surface area contributed by atoms with Gasteiger partial charge in [0.2, 0.25) is 0 Å².